The molecule has 2 heterocycles. The van der Waals surface area contributed by atoms with Crippen LogP contribution in [-0.2, 0) is 9.59 Å². The molecule has 2 rings (SSSR count). The number of likely N-dealkylation sites (tertiary alicyclic amines) is 2. The van der Waals surface area contributed by atoms with Gasteiger partial charge in [0.15, 0.2) is 0 Å². The number of hydrogen-bond acceptors (Lipinski definition) is 3. The van der Waals surface area contributed by atoms with Gasteiger partial charge in [0.2, 0.25) is 5.91 Å². The Bertz CT molecular complexity index is 346. The number of nitrogens with zero attached hydrogens (tertiary/aromatic N) is 2. The number of carbonyl (C=O) groups excluding carboxylic acids is 1. The van der Waals surface area contributed by atoms with Crippen LogP contribution in [0.4, 0.5) is 0 Å². The first-order chi connectivity index (χ1) is 9.06. The van der Waals surface area contributed by atoms with E-state index in [2.05, 4.69) is 11.8 Å². The van der Waals surface area contributed by atoms with Crippen LogP contribution >= 0.6 is 0 Å². The Hall–Kier alpha value is -1.10. The minimum Gasteiger partial charge on any atom is -0.481 e. The number of piperidine rings is 1. The van der Waals surface area contributed by atoms with E-state index in [9.17, 15) is 9.59 Å². The van der Waals surface area contributed by atoms with Gasteiger partial charge in [0.25, 0.3) is 0 Å². The Kier molecular flexibility index (Phi) is 4.80. The lowest BCUT2D eigenvalue weighted by atomic mass is 10.0. The zero-order chi connectivity index (χ0) is 13.8. The van der Waals surface area contributed by atoms with Crippen LogP contribution < -0.4 is 0 Å². The Labute approximate surface area is 114 Å². The van der Waals surface area contributed by atoms with Crippen LogP contribution in [0.15, 0.2) is 0 Å². The van der Waals surface area contributed by atoms with Crippen LogP contribution in [0.2, 0.25) is 0 Å². The highest BCUT2D eigenvalue weighted by Crippen LogP contribution is 2.21. The van der Waals surface area contributed by atoms with Crippen LogP contribution in [-0.4, -0.2) is 59.0 Å². The van der Waals surface area contributed by atoms with Crippen LogP contribution in [0.1, 0.15) is 39.0 Å². The molecule has 0 spiro atoms. The minimum atomic E-state index is -0.733. The predicted octanol–water partition coefficient (Wildman–Crippen LogP) is 1.18. The maximum absolute atomic E-state index is 12.3. The average Bonchev–Trinajstić information content (AvgIpc) is 2.76. The lowest BCUT2D eigenvalue weighted by Crippen LogP contribution is -2.46. The van der Waals surface area contributed by atoms with Crippen molar-refractivity contribution < 1.29 is 14.7 Å². The quantitative estimate of drug-likeness (QED) is 0.832. The molecule has 2 aliphatic rings. The largest absolute Gasteiger partial charge is 0.481 e. The molecule has 2 unspecified atom stereocenters. The summed E-state index contributed by atoms with van der Waals surface area (Å²) >= 11 is 0. The van der Waals surface area contributed by atoms with Gasteiger partial charge in [-0.25, -0.2) is 0 Å². The fourth-order valence-corrected chi connectivity index (χ4v) is 3.22. The summed E-state index contributed by atoms with van der Waals surface area (Å²) in [5, 5.41) is 8.79. The first kappa shape index (κ1) is 14.3. The highest BCUT2D eigenvalue weighted by molar-refractivity contribution is 5.78. The fraction of sp³-hybridized carbons (Fsp3) is 0.857. The van der Waals surface area contributed by atoms with Crippen LogP contribution in [0.5, 0.6) is 0 Å². The predicted molar refractivity (Wildman–Crippen MR) is 71.8 cm³/mol. The van der Waals surface area contributed by atoms with Crippen LogP contribution in [0.25, 0.3) is 0 Å². The van der Waals surface area contributed by atoms with E-state index >= 15 is 0 Å². The monoisotopic (exact) mass is 268 g/mol. The fourth-order valence-electron chi connectivity index (χ4n) is 3.22. The smallest absolute Gasteiger partial charge is 0.303 e. The average molecular weight is 268 g/mol. The van der Waals surface area contributed by atoms with Gasteiger partial charge in [-0.05, 0) is 45.1 Å². The van der Waals surface area contributed by atoms with Crippen molar-refractivity contribution in [1.82, 2.24) is 9.80 Å². The number of carboxylic acid groups (broad SMARTS) is 1. The molecule has 2 saturated heterocycles. The second kappa shape index (κ2) is 6.37. The van der Waals surface area contributed by atoms with Crippen LogP contribution in [0.3, 0.4) is 0 Å². The first-order valence-electron chi connectivity index (χ1n) is 7.30. The highest BCUT2D eigenvalue weighted by Gasteiger charge is 2.29. The highest BCUT2D eigenvalue weighted by atomic mass is 16.4. The zero-order valence-corrected chi connectivity index (χ0v) is 11.7. The van der Waals surface area contributed by atoms with Gasteiger partial charge in [0.05, 0.1) is 6.54 Å². The Morgan fingerprint density at radius 1 is 1.21 bits per heavy atom. The van der Waals surface area contributed by atoms with E-state index in [1.807, 2.05) is 4.90 Å². The Morgan fingerprint density at radius 3 is 2.68 bits per heavy atom. The first-order valence-corrected chi connectivity index (χ1v) is 7.30. The molecule has 1 amide bonds. The molecule has 1 N–H and O–H groups in total. The van der Waals surface area contributed by atoms with Crippen molar-refractivity contribution in [2.45, 2.75) is 45.1 Å². The molecule has 0 aliphatic carbocycles. The summed E-state index contributed by atoms with van der Waals surface area (Å²) < 4.78 is 0. The van der Waals surface area contributed by atoms with Gasteiger partial charge in [-0.3, -0.25) is 14.5 Å². The molecule has 2 fully saturated rings. The molecular formula is C14H24N2O3. The minimum absolute atomic E-state index is 0.211. The van der Waals surface area contributed by atoms with E-state index in [0.717, 1.165) is 38.9 Å². The van der Waals surface area contributed by atoms with E-state index in [0.29, 0.717) is 12.6 Å². The lowest BCUT2D eigenvalue weighted by molar-refractivity contribution is -0.138. The van der Waals surface area contributed by atoms with Crippen molar-refractivity contribution in [3.63, 3.8) is 0 Å². The molecule has 0 aromatic heterocycles. The third-order valence-electron chi connectivity index (χ3n) is 4.32. The van der Waals surface area contributed by atoms with Crippen molar-refractivity contribution >= 4 is 11.9 Å². The zero-order valence-electron chi connectivity index (χ0n) is 11.7. The summed E-state index contributed by atoms with van der Waals surface area (Å²) in [7, 11) is 0. The Balaban J connectivity index is 1.78. The van der Waals surface area contributed by atoms with Crippen molar-refractivity contribution in [1.29, 1.82) is 0 Å². The van der Waals surface area contributed by atoms with E-state index in [1.54, 1.807) is 0 Å². The van der Waals surface area contributed by atoms with E-state index in [1.165, 1.54) is 6.42 Å². The van der Waals surface area contributed by atoms with Gasteiger partial charge in [-0.2, -0.15) is 0 Å². The van der Waals surface area contributed by atoms with Gasteiger partial charge >= 0.3 is 5.97 Å². The third-order valence-corrected chi connectivity index (χ3v) is 4.32. The number of aliphatic carboxylic acids is 1. The molecule has 0 bridgehead atoms. The normalized spacial score (nSPS) is 28.6. The summed E-state index contributed by atoms with van der Waals surface area (Å²) in [6.07, 6.45) is 4.56. The second-order valence-corrected chi connectivity index (χ2v) is 5.92. The summed E-state index contributed by atoms with van der Waals surface area (Å²) in [6.45, 7) is 5.06. The molecule has 108 valence electrons. The topological polar surface area (TPSA) is 60.9 Å². The van der Waals surface area contributed by atoms with Crippen LogP contribution in [0, 0.1) is 5.92 Å². The SMILES string of the molecule is CC1CCCCN1C(=O)CN1CCC(CC(=O)O)C1. The molecular weight excluding hydrogens is 244 g/mol. The number of carbonyl (C=O) groups is 2. The van der Waals surface area contributed by atoms with Crippen molar-refractivity contribution in [3.05, 3.63) is 0 Å². The van der Waals surface area contributed by atoms with E-state index in [4.69, 9.17) is 5.11 Å². The molecule has 0 radical (unpaired) electrons. The third kappa shape index (κ3) is 3.93. The molecule has 19 heavy (non-hydrogen) atoms. The molecule has 2 aliphatic heterocycles. The lowest BCUT2D eigenvalue weighted by Gasteiger charge is -2.34. The summed E-state index contributed by atoms with van der Waals surface area (Å²) in [6, 6.07) is 0.360. The van der Waals surface area contributed by atoms with Gasteiger partial charge in [0, 0.05) is 25.6 Å². The number of carboxylic acids is 1. The van der Waals surface area contributed by atoms with Gasteiger partial charge in [-0.1, -0.05) is 0 Å². The van der Waals surface area contributed by atoms with Crippen molar-refractivity contribution in [2.75, 3.05) is 26.2 Å². The maximum Gasteiger partial charge on any atom is 0.303 e. The molecule has 5 heteroatoms. The van der Waals surface area contributed by atoms with Gasteiger partial charge < -0.3 is 10.0 Å². The molecule has 0 aromatic rings. The summed E-state index contributed by atoms with van der Waals surface area (Å²) in [4.78, 5) is 27.0. The second-order valence-electron chi connectivity index (χ2n) is 5.92. The maximum atomic E-state index is 12.3. The van der Waals surface area contributed by atoms with Crippen molar-refractivity contribution in [2.24, 2.45) is 5.92 Å². The van der Waals surface area contributed by atoms with E-state index in [-0.39, 0.29) is 18.2 Å². The molecule has 0 saturated carbocycles. The standard InChI is InChI=1S/C14H24N2O3/c1-11-4-2-3-6-16(11)13(17)10-15-7-5-12(9-15)8-14(18)19/h11-12H,2-10H2,1H3,(H,18,19). The molecule has 0 aromatic carbocycles. The van der Waals surface area contributed by atoms with Gasteiger partial charge in [-0.15, -0.1) is 0 Å². The number of amides is 1. The Morgan fingerprint density at radius 2 is 2.00 bits per heavy atom. The number of hydrogen-bond donors (Lipinski definition) is 1. The van der Waals surface area contributed by atoms with Gasteiger partial charge in [0.1, 0.15) is 0 Å². The number of rotatable bonds is 4. The van der Waals surface area contributed by atoms with E-state index < -0.39 is 5.97 Å². The molecule has 2 atom stereocenters. The van der Waals surface area contributed by atoms with Crippen molar-refractivity contribution in [3.8, 4) is 0 Å². The summed E-state index contributed by atoms with van der Waals surface area (Å²) in [5.74, 6) is -0.310. The summed E-state index contributed by atoms with van der Waals surface area (Å²) in [5.41, 5.74) is 0. The molecule has 5 nitrogen and oxygen atoms in total.